The van der Waals surface area contributed by atoms with Crippen molar-refractivity contribution in [2.75, 3.05) is 18.8 Å². The minimum absolute atomic E-state index is 0.0220. The Balaban J connectivity index is 2.67. The van der Waals surface area contributed by atoms with E-state index in [1.54, 1.807) is 20.8 Å². The summed E-state index contributed by atoms with van der Waals surface area (Å²) in [6.07, 6.45) is -2.82. The van der Waals surface area contributed by atoms with E-state index >= 15 is 0 Å². The molecule has 148 valence electrons. The Morgan fingerprint density at radius 3 is 2.36 bits per heavy atom. The van der Waals surface area contributed by atoms with E-state index in [-0.39, 0.29) is 31.2 Å². The number of alkyl halides is 3. The van der Waals surface area contributed by atoms with Crippen LogP contribution in [-0.2, 0) is 9.84 Å². The maximum Gasteiger partial charge on any atom is 0.391 e. The zero-order valence-electron chi connectivity index (χ0n) is 15.4. The van der Waals surface area contributed by atoms with Gasteiger partial charge in [-0.3, -0.25) is 4.99 Å². The third kappa shape index (κ3) is 7.03. The number of nitrogens with one attached hydrogen (secondary N) is 2. The minimum atomic E-state index is -4.17. The van der Waals surface area contributed by atoms with Crippen molar-refractivity contribution >= 4 is 15.8 Å². The molecule has 2 N–H and O–H groups in total. The van der Waals surface area contributed by atoms with Gasteiger partial charge in [-0.2, -0.15) is 13.2 Å². The van der Waals surface area contributed by atoms with Crippen molar-refractivity contribution in [2.24, 2.45) is 10.9 Å². The lowest BCUT2D eigenvalue weighted by molar-refractivity contribution is -0.183. The molecular weight excluding hydrogens is 355 g/mol. The Morgan fingerprint density at radius 1 is 1.20 bits per heavy atom. The number of rotatable bonds is 5. The van der Waals surface area contributed by atoms with Crippen molar-refractivity contribution in [3.63, 3.8) is 0 Å². The molecule has 0 heterocycles. The van der Waals surface area contributed by atoms with E-state index in [2.05, 4.69) is 15.6 Å². The number of aliphatic imine (C=N–C) groups is 1. The second-order valence-corrected chi connectivity index (χ2v) is 10.3. The molecule has 0 saturated heterocycles. The van der Waals surface area contributed by atoms with Crippen molar-refractivity contribution in [1.29, 1.82) is 0 Å². The summed E-state index contributed by atoms with van der Waals surface area (Å²) >= 11 is 0. The average molecular weight is 385 g/mol. The maximum absolute atomic E-state index is 12.9. The quantitative estimate of drug-likeness (QED) is 0.564. The second kappa shape index (κ2) is 8.60. The average Bonchev–Trinajstić information content (AvgIpc) is 2.45. The van der Waals surface area contributed by atoms with E-state index in [0.29, 0.717) is 25.3 Å². The van der Waals surface area contributed by atoms with Gasteiger partial charge in [0, 0.05) is 12.6 Å². The van der Waals surface area contributed by atoms with E-state index in [4.69, 9.17) is 0 Å². The van der Waals surface area contributed by atoms with Crippen LogP contribution in [0.5, 0.6) is 0 Å². The normalized spacial score (nSPS) is 23.4. The summed E-state index contributed by atoms with van der Waals surface area (Å²) in [7, 11) is -3.28. The first kappa shape index (κ1) is 22.1. The number of hydrogen-bond acceptors (Lipinski definition) is 3. The fourth-order valence-corrected chi connectivity index (χ4v) is 3.66. The monoisotopic (exact) mass is 385 g/mol. The summed E-state index contributed by atoms with van der Waals surface area (Å²) < 4.78 is 62.1. The van der Waals surface area contributed by atoms with E-state index < -0.39 is 26.7 Å². The van der Waals surface area contributed by atoms with Crippen LogP contribution >= 0.6 is 0 Å². The molecule has 1 rings (SSSR count). The Kier molecular flexibility index (Phi) is 7.58. The molecule has 0 radical (unpaired) electrons. The van der Waals surface area contributed by atoms with Crippen LogP contribution in [0.4, 0.5) is 13.2 Å². The third-order valence-corrected chi connectivity index (χ3v) is 6.97. The van der Waals surface area contributed by atoms with Crippen LogP contribution in [0.2, 0.25) is 0 Å². The summed E-state index contributed by atoms with van der Waals surface area (Å²) in [5, 5.41) is 6.00. The van der Waals surface area contributed by atoms with Crippen molar-refractivity contribution in [1.82, 2.24) is 10.6 Å². The minimum Gasteiger partial charge on any atom is -0.357 e. The Morgan fingerprint density at radius 2 is 1.84 bits per heavy atom. The van der Waals surface area contributed by atoms with E-state index in [0.717, 1.165) is 0 Å². The van der Waals surface area contributed by atoms with Crippen LogP contribution in [0, 0.1) is 5.92 Å². The zero-order chi connectivity index (χ0) is 19.3. The standard InChI is InChI=1S/C16H30F3N3O2S/c1-5-20-14(21-9-10-25(23,24)15(2,3)4)22-13-8-6-7-12(11-13)16(17,18)19/h12-13H,5-11H2,1-4H3,(H2,20,21,22). The van der Waals surface area contributed by atoms with Gasteiger partial charge < -0.3 is 10.6 Å². The number of hydrogen-bond donors (Lipinski definition) is 2. The lowest BCUT2D eigenvalue weighted by Crippen LogP contribution is -2.47. The topological polar surface area (TPSA) is 70.6 Å². The van der Waals surface area contributed by atoms with Gasteiger partial charge in [0.1, 0.15) is 0 Å². The van der Waals surface area contributed by atoms with Crippen LogP contribution in [0.25, 0.3) is 0 Å². The highest BCUT2D eigenvalue weighted by molar-refractivity contribution is 7.92. The van der Waals surface area contributed by atoms with Gasteiger partial charge in [0.05, 0.1) is 23.0 Å². The van der Waals surface area contributed by atoms with Crippen molar-refractivity contribution < 1.29 is 21.6 Å². The molecule has 0 aromatic heterocycles. The maximum atomic E-state index is 12.9. The summed E-state index contributed by atoms with van der Waals surface area (Å²) in [4.78, 5) is 4.23. The molecule has 1 aliphatic rings. The molecule has 1 fully saturated rings. The molecule has 5 nitrogen and oxygen atoms in total. The van der Waals surface area contributed by atoms with Crippen molar-refractivity contribution in [2.45, 2.75) is 70.3 Å². The van der Waals surface area contributed by atoms with Crippen LogP contribution in [-0.4, -0.2) is 50.2 Å². The molecule has 2 unspecified atom stereocenters. The van der Waals surface area contributed by atoms with Crippen LogP contribution in [0.1, 0.15) is 53.4 Å². The van der Waals surface area contributed by atoms with Gasteiger partial charge in [0.2, 0.25) is 0 Å². The Labute approximate surface area is 148 Å². The molecule has 0 spiro atoms. The van der Waals surface area contributed by atoms with Gasteiger partial charge in [-0.15, -0.1) is 0 Å². The zero-order valence-corrected chi connectivity index (χ0v) is 16.2. The smallest absolute Gasteiger partial charge is 0.357 e. The molecule has 0 aromatic carbocycles. The summed E-state index contributed by atoms with van der Waals surface area (Å²) in [6, 6.07) is -0.308. The lowest BCUT2D eigenvalue weighted by atomic mass is 9.85. The number of sulfone groups is 1. The van der Waals surface area contributed by atoms with E-state index in [9.17, 15) is 21.6 Å². The molecule has 2 atom stereocenters. The SMILES string of the molecule is CCNC(=NCCS(=O)(=O)C(C)(C)C)NC1CCCC(C(F)(F)F)C1. The second-order valence-electron chi connectivity index (χ2n) is 7.44. The lowest BCUT2D eigenvalue weighted by Gasteiger charge is -2.32. The molecule has 0 aromatic rings. The fourth-order valence-electron chi connectivity index (χ4n) is 2.72. The molecule has 25 heavy (non-hydrogen) atoms. The van der Waals surface area contributed by atoms with Crippen LogP contribution in [0.3, 0.4) is 0 Å². The first-order valence-corrected chi connectivity index (χ1v) is 10.4. The van der Waals surface area contributed by atoms with Crippen molar-refractivity contribution in [3.8, 4) is 0 Å². The number of nitrogens with zero attached hydrogens (tertiary/aromatic N) is 1. The largest absolute Gasteiger partial charge is 0.391 e. The van der Waals surface area contributed by atoms with Gasteiger partial charge in [-0.25, -0.2) is 8.42 Å². The predicted molar refractivity (Wildman–Crippen MR) is 94.5 cm³/mol. The summed E-state index contributed by atoms with van der Waals surface area (Å²) in [6.45, 7) is 7.37. The van der Waals surface area contributed by atoms with Gasteiger partial charge in [-0.1, -0.05) is 6.42 Å². The van der Waals surface area contributed by atoms with E-state index in [1.807, 2.05) is 6.92 Å². The molecular formula is C16H30F3N3O2S. The summed E-state index contributed by atoms with van der Waals surface area (Å²) in [5.74, 6) is -1.01. The number of halogens is 3. The highest BCUT2D eigenvalue weighted by Crippen LogP contribution is 2.37. The van der Waals surface area contributed by atoms with Crippen LogP contribution < -0.4 is 10.6 Å². The first-order valence-electron chi connectivity index (χ1n) is 8.70. The molecule has 0 bridgehead atoms. The Bertz CT molecular complexity index is 554. The van der Waals surface area contributed by atoms with E-state index in [1.165, 1.54) is 0 Å². The molecule has 0 aliphatic heterocycles. The molecule has 1 saturated carbocycles. The first-order chi connectivity index (χ1) is 11.4. The predicted octanol–water partition coefficient (Wildman–Crippen LogP) is 2.88. The highest BCUT2D eigenvalue weighted by Gasteiger charge is 2.42. The van der Waals surface area contributed by atoms with Gasteiger partial charge in [0.15, 0.2) is 15.8 Å². The van der Waals surface area contributed by atoms with Gasteiger partial charge in [0.25, 0.3) is 0 Å². The third-order valence-electron chi connectivity index (χ3n) is 4.39. The Hall–Kier alpha value is -0.990. The number of guanidine groups is 1. The fraction of sp³-hybridized carbons (Fsp3) is 0.938. The summed E-state index contributed by atoms with van der Waals surface area (Å²) in [5.41, 5.74) is 0. The molecule has 0 amide bonds. The molecule has 1 aliphatic carbocycles. The van der Waals surface area contributed by atoms with Gasteiger partial charge in [-0.05, 0) is 47.0 Å². The van der Waals surface area contributed by atoms with Gasteiger partial charge >= 0.3 is 6.18 Å². The van der Waals surface area contributed by atoms with Crippen LogP contribution in [0.15, 0.2) is 4.99 Å². The highest BCUT2D eigenvalue weighted by atomic mass is 32.2. The molecule has 9 heteroatoms. The van der Waals surface area contributed by atoms with Crippen molar-refractivity contribution in [3.05, 3.63) is 0 Å².